The molecule has 10 heteroatoms. The summed E-state index contributed by atoms with van der Waals surface area (Å²) in [5.74, 6) is -0.897. The Bertz CT molecular complexity index is 1560. The normalized spacial score (nSPS) is 18.4. The Kier molecular flexibility index (Phi) is 6.32. The zero-order valence-electron chi connectivity index (χ0n) is 20.3. The number of hydrogen-bond acceptors (Lipinski definition) is 7. The lowest BCUT2D eigenvalue weighted by Crippen LogP contribution is -2.37. The number of pyridine rings is 1. The summed E-state index contributed by atoms with van der Waals surface area (Å²) >= 11 is 1.67. The monoisotopic (exact) mass is 530 g/mol. The molecule has 3 aromatic rings. The van der Waals surface area contributed by atoms with Crippen molar-refractivity contribution in [3.63, 3.8) is 0 Å². The minimum absolute atomic E-state index is 0.00377. The van der Waals surface area contributed by atoms with E-state index in [2.05, 4.69) is 38.5 Å². The van der Waals surface area contributed by atoms with Gasteiger partial charge in [-0.1, -0.05) is 12.1 Å². The van der Waals surface area contributed by atoms with E-state index in [1.807, 2.05) is 12.1 Å². The van der Waals surface area contributed by atoms with Crippen LogP contribution in [-0.2, 0) is 19.5 Å². The molecule has 0 saturated carbocycles. The van der Waals surface area contributed by atoms with Crippen LogP contribution in [0.1, 0.15) is 37.7 Å². The third-order valence-corrected chi connectivity index (χ3v) is 8.12. The van der Waals surface area contributed by atoms with E-state index in [1.165, 1.54) is 18.0 Å². The highest BCUT2D eigenvalue weighted by Crippen LogP contribution is 2.36. The summed E-state index contributed by atoms with van der Waals surface area (Å²) in [7, 11) is 0. The van der Waals surface area contributed by atoms with Crippen LogP contribution in [0.5, 0.6) is 0 Å². The lowest BCUT2D eigenvalue weighted by Gasteiger charge is -2.29. The van der Waals surface area contributed by atoms with E-state index in [-0.39, 0.29) is 18.4 Å². The number of anilines is 1. The number of carbonyl (C=O) groups is 1. The van der Waals surface area contributed by atoms with Gasteiger partial charge in [0.1, 0.15) is 18.0 Å². The maximum Gasteiger partial charge on any atom is 0.258 e. The van der Waals surface area contributed by atoms with E-state index in [4.69, 9.17) is 5.73 Å². The largest absolute Gasteiger partial charge is 0.387 e. The third-order valence-electron chi connectivity index (χ3n) is 6.96. The van der Waals surface area contributed by atoms with Crippen LogP contribution in [-0.4, -0.2) is 34.5 Å². The fourth-order valence-electron chi connectivity index (χ4n) is 4.94. The van der Waals surface area contributed by atoms with Gasteiger partial charge in [-0.2, -0.15) is 0 Å². The molecule has 1 aromatic carbocycles. The van der Waals surface area contributed by atoms with Crippen LogP contribution < -0.4 is 11.1 Å². The van der Waals surface area contributed by atoms with Crippen molar-refractivity contribution in [3.8, 4) is 0 Å². The van der Waals surface area contributed by atoms with Crippen LogP contribution in [0.2, 0.25) is 0 Å². The average Bonchev–Trinajstić information content (AvgIpc) is 3.40. The number of thiophene rings is 1. The lowest BCUT2D eigenvalue weighted by atomic mass is 9.89. The van der Waals surface area contributed by atoms with Gasteiger partial charge in [0, 0.05) is 29.0 Å². The molecular weight excluding hydrogens is 506 g/mol. The van der Waals surface area contributed by atoms with Gasteiger partial charge in [-0.05, 0) is 65.9 Å². The first-order chi connectivity index (χ1) is 18.5. The molecule has 192 valence electrons. The zero-order valence-corrected chi connectivity index (χ0v) is 21.1. The first-order valence-electron chi connectivity index (χ1n) is 12.3. The lowest BCUT2D eigenvalue weighted by molar-refractivity contribution is 0.0727. The van der Waals surface area contributed by atoms with Gasteiger partial charge < -0.3 is 16.0 Å². The number of aromatic nitrogens is 1. The highest BCUT2D eigenvalue weighted by atomic mass is 32.1. The molecule has 3 N–H and O–H groups in total. The van der Waals surface area contributed by atoms with Gasteiger partial charge in [0.15, 0.2) is 11.6 Å². The van der Waals surface area contributed by atoms with Crippen LogP contribution >= 0.6 is 11.3 Å². The molecule has 1 atom stereocenters. The number of halogens is 2. The highest BCUT2D eigenvalue weighted by Gasteiger charge is 2.29. The Labute approximate surface area is 222 Å². The molecule has 2 aliphatic heterocycles. The van der Waals surface area contributed by atoms with Crippen molar-refractivity contribution in [2.45, 2.75) is 25.9 Å². The zero-order chi connectivity index (χ0) is 26.2. The number of carbonyl (C=O) groups excluding carboxylic acids is 1. The van der Waals surface area contributed by atoms with Gasteiger partial charge in [0.25, 0.3) is 5.91 Å². The fraction of sp³-hybridized carbons (Fsp3) is 0.214. The Morgan fingerprint density at radius 2 is 2.03 bits per heavy atom. The van der Waals surface area contributed by atoms with Gasteiger partial charge >= 0.3 is 0 Å². The molecule has 0 radical (unpaired) electrons. The van der Waals surface area contributed by atoms with Gasteiger partial charge in [0.05, 0.1) is 23.7 Å². The number of fused-ring (bicyclic) bond motifs is 2. The van der Waals surface area contributed by atoms with E-state index in [0.29, 0.717) is 42.3 Å². The predicted octanol–water partition coefficient (Wildman–Crippen LogP) is 4.92. The summed E-state index contributed by atoms with van der Waals surface area (Å²) in [6.07, 6.45) is 8.69. The Morgan fingerprint density at radius 1 is 1.13 bits per heavy atom. The van der Waals surface area contributed by atoms with Crippen molar-refractivity contribution in [2.24, 2.45) is 21.6 Å². The molecule has 7 nitrogen and oxygen atoms in total. The summed E-state index contributed by atoms with van der Waals surface area (Å²) in [5, 5.41) is 3.34. The van der Waals surface area contributed by atoms with Crippen LogP contribution in [0.25, 0.3) is 5.57 Å². The van der Waals surface area contributed by atoms with Gasteiger partial charge in [0.2, 0.25) is 0 Å². The van der Waals surface area contributed by atoms with Gasteiger partial charge in [-0.15, -0.1) is 11.3 Å². The van der Waals surface area contributed by atoms with Crippen molar-refractivity contribution in [2.75, 3.05) is 11.9 Å². The second-order valence-electron chi connectivity index (χ2n) is 9.38. The molecule has 0 spiro atoms. The minimum Gasteiger partial charge on any atom is -0.387 e. The Morgan fingerprint density at radius 3 is 2.89 bits per heavy atom. The minimum atomic E-state index is -0.920. The number of nitrogens with two attached hydrogens (primary N) is 1. The smallest absolute Gasteiger partial charge is 0.258 e. The summed E-state index contributed by atoms with van der Waals surface area (Å²) in [6.45, 7) is 1.20. The van der Waals surface area contributed by atoms with Crippen LogP contribution in [0.4, 0.5) is 14.6 Å². The first kappa shape index (κ1) is 24.2. The molecule has 0 bridgehead atoms. The first-order valence-corrected chi connectivity index (χ1v) is 13.1. The van der Waals surface area contributed by atoms with Crippen molar-refractivity contribution in [3.05, 3.63) is 98.5 Å². The Balaban J connectivity index is 1.16. The van der Waals surface area contributed by atoms with Gasteiger partial charge in [-0.3, -0.25) is 4.79 Å². The SMILES string of the molecule is NC1=NC=NC2=CC=C(c3ccc(CNc4nccc5c4C(=O)N(Cc4ccc(F)c(F)c4)CC5)s3)CC21. The molecular formula is C28H24F2N6OS. The van der Waals surface area contributed by atoms with Crippen LogP contribution in [0, 0.1) is 17.6 Å². The number of nitrogens with one attached hydrogen (secondary N) is 1. The maximum atomic E-state index is 13.7. The molecule has 6 rings (SSSR count). The molecule has 2 aromatic heterocycles. The molecule has 0 saturated heterocycles. The van der Waals surface area contributed by atoms with Gasteiger partial charge in [-0.25, -0.2) is 23.7 Å². The molecule has 3 aliphatic rings. The van der Waals surface area contributed by atoms with Crippen molar-refractivity contribution >= 4 is 40.8 Å². The number of hydrogen-bond donors (Lipinski definition) is 2. The summed E-state index contributed by atoms with van der Waals surface area (Å²) in [5.41, 5.74) is 10.2. The summed E-state index contributed by atoms with van der Waals surface area (Å²) < 4.78 is 27.0. The Hall–Kier alpha value is -4.18. The predicted molar refractivity (Wildman–Crippen MR) is 145 cm³/mol. The molecule has 1 aliphatic carbocycles. The quantitative estimate of drug-likeness (QED) is 0.473. The standard InChI is InChI=1S/C28H24F2N6OS/c29-21-4-1-16(11-22(21)30)14-36-10-8-17-7-9-32-27(25(17)28(36)37)33-13-19-3-6-24(38-19)18-2-5-23-20(12-18)26(31)35-15-34-23/h1-7,9,11,15,20H,8,10,12-14H2,(H,32,33)(H2,31,34,35). The van der Waals surface area contributed by atoms with Crippen LogP contribution in [0.3, 0.4) is 0 Å². The van der Waals surface area contributed by atoms with Crippen LogP contribution in [0.15, 0.2) is 70.4 Å². The van der Waals surface area contributed by atoms with Crippen molar-refractivity contribution in [1.29, 1.82) is 0 Å². The topological polar surface area (TPSA) is 96.0 Å². The molecule has 0 fully saturated rings. The van der Waals surface area contributed by atoms with E-state index < -0.39 is 11.6 Å². The summed E-state index contributed by atoms with van der Waals surface area (Å²) in [4.78, 5) is 30.2. The number of amides is 1. The highest BCUT2D eigenvalue weighted by molar-refractivity contribution is 7.13. The van der Waals surface area contributed by atoms with E-state index >= 15 is 0 Å². The maximum absolute atomic E-state index is 13.7. The van der Waals surface area contributed by atoms with Crippen molar-refractivity contribution < 1.29 is 13.6 Å². The number of allylic oxidation sites excluding steroid dienone is 3. The number of nitrogens with zero attached hydrogens (tertiary/aromatic N) is 4. The average molecular weight is 531 g/mol. The molecule has 1 amide bonds. The second kappa shape index (κ2) is 9.94. The van der Waals surface area contributed by atoms with E-state index in [1.54, 1.807) is 22.4 Å². The summed E-state index contributed by atoms with van der Waals surface area (Å²) in [6, 6.07) is 9.73. The number of amidine groups is 1. The fourth-order valence-corrected chi connectivity index (χ4v) is 5.92. The van der Waals surface area contributed by atoms with Crippen molar-refractivity contribution in [1.82, 2.24) is 9.88 Å². The molecule has 1 unspecified atom stereocenters. The molecule has 38 heavy (non-hydrogen) atoms. The number of aliphatic imine (C=N–C) groups is 2. The molecule has 4 heterocycles. The van der Waals surface area contributed by atoms with E-state index in [0.717, 1.165) is 39.6 Å². The number of benzene rings is 1. The second-order valence-corrected chi connectivity index (χ2v) is 10.5. The number of rotatable bonds is 6. The van der Waals surface area contributed by atoms with E-state index in [9.17, 15) is 13.6 Å². The third kappa shape index (κ3) is 4.63.